The van der Waals surface area contributed by atoms with E-state index in [1.54, 1.807) is 0 Å². The predicted octanol–water partition coefficient (Wildman–Crippen LogP) is 1.11. The first-order valence-corrected chi connectivity index (χ1v) is 2.12. The predicted molar refractivity (Wildman–Crippen MR) is 31.5 cm³/mol. The van der Waals surface area contributed by atoms with E-state index < -0.39 is 6.67 Å². The van der Waals surface area contributed by atoms with Gasteiger partial charge in [-0.2, -0.15) is 0 Å². The van der Waals surface area contributed by atoms with Crippen LogP contribution in [0, 0.1) is 0 Å². The molecule has 2 N–H and O–H groups in total. The fraction of sp³-hybridized carbons (Fsp3) is 1.00. The molecule has 3 heteroatoms. The summed E-state index contributed by atoms with van der Waals surface area (Å²) in [5.41, 5.74) is 5.10. The zero-order valence-electron chi connectivity index (χ0n) is 4.36. The summed E-state index contributed by atoms with van der Waals surface area (Å²) in [5.74, 6) is 0. The molecular formula is C4H11ClFN. The lowest BCUT2D eigenvalue weighted by molar-refractivity contribution is 0.422. The van der Waals surface area contributed by atoms with Crippen molar-refractivity contribution in [2.24, 2.45) is 5.73 Å². The van der Waals surface area contributed by atoms with Crippen LogP contribution in [0.1, 0.15) is 13.3 Å². The monoisotopic (exact) mass is 127 g/mol. The van der Waals surface area contributed by atoms with Gasteiger partial charge in [-0.05, 0) is 6.42 Å². The van der Waals surface area contributed by atoms with E-state index in [-0.39, 0.29) is 18.4 Å². The van der Waals surface area contributed by atoms with Gasteiger partial charge >= 0.3 is 0 Å². The number of alkyl halides is 1. The standard InChI is InChI=1S/C4H10FN.ClH/c1-2-4(6)3-5;/h4H,2-3,6H2,1H3;1H/t4-;/m1./s1. The summed E-state index contributed by atoms with van der Waals surface area (Å²) < 4.78 is 11.3. The highest BCUT2D eigenvalue weighted by atomic mass is 35.5. The van der Waals surface area contributed by atoms with Crippen LogP contribution in [0.4, 0.5) is 4.39 Å². The van der Waals surface area contributed by atoms with E-state index in [0.717, 1.165) is 6.42 Å². The van der Waals surface area contributed by atoms with Crippen LogP contribution in [0.15, 0.2) is 0 Å². The van der Waals surface area contributed by atoms with E-state index in [1.165, 1.54) is 0 Å². The van der Waals surface area contributed by atoms with Crippen molar-refractivity contribution in [3.8, 4) is 0 Å². The van der Waals surface area contributed by atoms with Crippen LogP contribution in [-0.4, -0.2) is 12.7 Å². The van der Waals surface area contributed by atoms with Crippen LogP contribution >= 0.6 is 12.4 Å². The summed E-state index contributed by atoms with van der Waals surface area (Å²) in [6, 6.07) is -0.231. The van der Waals surface area contributed by atoms with Gasteiger partial charge in [0.25, 0.3) is 0 Å². The average molecular weight is 128 g/mol. The van der Waals surface area contributed by atoms with Crippen molar-refractivity contribution in [1.82, 2.24) is 0 Å². The molecule has 0 spiro atoms. The number of nitrogens with two attached hydrogens (primary N) is 1. The first-order valence-electron chi connectivity index (χ1n) is 2.12. The second-order valence-corrected chi connectivity index (χ2v) is 1.32. The normalized spacial score (nSPS) is 12.4. The summed E-state index contributed by atoms with van der Waals surface area (Å²) in [7, 11) is 0. The van der Waals surface area contributed by atoms with E-state index in [0.29, 0.717) is 0 Å². The van der Waals surface area contributed by atoms with Crippen molar-refractivity contribution < 1.29 is 4.39 Å². The zero-order chi connectivity index (χ0) is 4.99. The van der Waals surface area contributed by atoms with Crippen molar-refractivity contribution in [2.75, 3.05) is 6.67 Å². The smallest absolute Gasteiger partial charge is 0.104 e. The molecule has 0 aliphatic rings. The first kappa shape index (κ1) is 10.2. The fourth-order valence-corrected chi connectivity index (χ4v) is 0.109. The molecule has 0 fully saturated rings. The molecule has 0 saturated carbocycles. The van der Waals surface area contributed by atoms with Crippen LogP contribution in [0.2, 0.25) is 0 Å². The minimum absolute atomic E-state index is 0. The van der Waals surface area contributed by atoms with E-state index in [9.17, 15) is 4.39 Å². The average Bonchev–Trinajstić information content (AvgIpc) is 1.65. The summed E-state index contributed by atoms with van der Waals surface area (Å²) in [6.07, 6.45) is 0.733. The lowest BCUT2D eigenvalue weighted by atomic mass is 10.3. The summed E-state index contributed by atoms with van der Waals surface area (Å²) in [5, 5.41) is 0. The van der Waals surface area contributed by atoms with Crippen molar-refractivity contribution in [1.29, 1.82) is 0 Å². The Labute approximate surface area is 49.5 Å². The van der Waals surface area contributed by atoms with Gasteiger partial charge in [0.15, 0.2) is 0 Å². The second-order valence-electron chi connectivity index (χ2n) is 1.32. The van der Waals surface area contributed by atoms with Gasteiger partial charge in [-0.3, -0.25) is 0 Å². The minimum atomic E-state index is -0.392. The van der Waals surface area contributed by atoms with Gasteiger partial charge in [-0.15, -0.1) is 12.4 Å². The molecule has 0 unspecified atom stereocenters. The molecular weight excluding hydrogens is 117 g/mol. The number of rotatable bonds is 2. The highest BCUT2D eigenvalue weighted by molar-refractivity contribution is 5.85. The molecule has 0 aliphatic heterocycles. The summed E-state index contributed by atoms with van der Waals surface area (Å²) >= 11 is 0. The zero-order valence-corrected chi connectivity index (χ0v) is 5.17. The molecule has 0 rings (SSSR count). The van der Waals surface area contributed by atoms with E-state index in [2.05, 4.69) is 0 Å². The molecule has 46 valence electrons. The highest BCUT2D eigenvalue weighted by Gasteiger charge is 1.92. The molecule has 0 aromatic heterocycles. The van der Waals surface area contributed by atoms with Crippen LogP contribution in [0.3, 0.4) is 0 Å². The Morgan fingerprint density at radius 2 is 2.14 bits per heavy atom. The van der Waals surface area contributed by atoms with Gasteiger partial charge in [-0.1, -0.05) is 6.92 Å². The molecule has 0 aromatic carbocycles. The number of hydrogen-bond acceptors (Lipinski definition) is 1. The maximum Gasteiger partial charge on any atom is 0.104 e. The van der Waals surface area contributed by atoms with Gasteiger partial charge in [0.2, 0.25) is 0 Å². The minimum Gasteiger partial charge on any atom is -0.325 e. The lowest BCUT2D eigenvalue weighted by Gasteiger charge is -1.96. The van der Waals surface area contributed by atoms with Crippen molar-refractivity contribution in [2.45, 2.75) is 19.4 Å². The Morgan fingerprint density at radius 3 is 2.14 bits per heavy atom. The third-order valence-electron chi connectivity index (χ3n) is 0.723. The quantitative estimate of drug-likeness (QED) is 0.591. The first-order chi connectivity index (χ1) is 2.81. The fourth-order valence-electron chi connectivity index (χ4n) is 0.109. The van der Waals surface area contributed by atoms with Gasteiger partial charge < -0.3 is 5.73 Å². The Kier molecular flexibility index (Phi) is 9.02. The topological polar surface area (TPSA) is 26.0 Å². The lowest BCUT2D eigenvalue weighted by Crippen LogP contribution is -2.20. The molecule has 0 aromatic rings. The third-order valence-corrected chi connectivity index (χ3v) is 0.723. The van der Waals surface area contributed by atoms with Crippen LogP contribution in [0.25, 0.3) is 0 Å². The molecule has 7 heavy (non-hydrogen) atoms. The Bertz CT molecular complexity index is 30.9. The maximum atomic E-state index is 11.3. The highest BCUT2D eigenvalue weighted by Crippen LogP contribution is 1.83. The molecule has 0 heterocycles. The van der Waals surface area contributed by atoms with Gasteiger partial charge in [0, 0.05) is 6.04 Å². The molecule has 0 radical (unpaired) electrons. The Hall–Kier alpha value is 0.180. The van der Waals surface area contributed by atoms with Crippen LogP contribution in [-0.2, 0) is 0 Å². The second kappa shape index (κ2) is 6.18. The Morgan fingerprint density at radius 1 is 1.71 bits per heavy atom. The van der Waals surface area contributed by atoms with Gasteiger partial charge in [0.05, 0.1) is 0 Å². The Balaban J connectivity index is 0. The molecule has 1 nitrogen and oxygen atoms in total. The molecule has 0 aliphatic carbocycles. The SMILES string of the molecule is CC[C@@H](N)CF.Cl. The van der Waals surface area contributed by atoms with Crippen LogP contribution in [0.5, 0.6) is 0 Å². The molecule has 0 bridgehead atoms. The third kappa shape index (κ3) is 6.18. The van der Waals surface area contributed by atoms with E-state index in [4.69, 9.17) is 5.73 Å². The van der Waals surface area contributed by atoms with Crippen LogP contribution < -0.4 is 5.73 Å². The maximum absolute atomic E-state index is 11.3. The summed E-state index contributed by atoms with van der Waals surface area (Å²) in [4.78, 5) is 0. The van der Waals surface area contributed by atoms with E-state index >= 15 is 0 Å². The number of halogens is 2. The van der Waals surface area contributed by atoms with E-state index in [1.807, 2.05) is 6.92 Å². The molecule has 0 saturated heterocycles. The molecule has 0 amide bonds. The van der Waals surface area contributed by atoms with Crippen molar-refractivity contribution >= 4 is 12.4 Å². The summed E-state index contributed by atoms with van der Waals surface area (Å²) in [6.45, 7) is 1.47. The van der Waals surface area contributed by atoms with Gasteiger partial charge in [-0.25, -0.2) is 4.39 Å². The van der Waals surface area contributed by atoms with Crippen molar-refractivity contribution in [3.05, 3.63) is 0 Å². The van der Waals surface area contributed by atoms with Gasteiger partial charge in [0.1, 0.15) is 6.67 Å². The van der Waals surface area contributed by atoms with Crippen molar-refractivity contribution in [3.63, 3.8) is 0 Å². The molecule has 1 atom stereocenters. The largest absolute Gasteiger partial charge is 0.325 e. The number of hydrogen-bond donors (Lipinski definition) is 1.